The third-order valence-electron chi connectivity index (χ3n) is 7.30. The SMILES string of the molecule is CCC[C@@H]1C[C@@]2(CO2)[C@H](O)[C@@H](/C=C/C(C)=C/C[C@@H]2O[C@H](C)[C@H](NC(=O)/C=C\C(C)C)C[C@@H]2C)O1. The van der Waals surface area contributed by atoms with Crippen LogP contribution in [-0.4, -0.2) is 59.8 Å². The van der Waals surface area contributed by atoms with Crippen molar-refractivity contribution < 1.29 is 24.1 Å². The van der Waals surface area contributed by atoms with E-state index < -0.39 is 11.7 Å². The van der Waals surface area contributed by atoms with E-state index in [1.807, 2.05) is 25.2 Å². The molecule has 0 aromatic carbocycles. The van der Waals surface area contributed by atoms with Crippen LogP contribution in [0.25, 0.3) is 0 Å². The lowest BCUT2D eigenvalue weighted by atomic mass is 9.87. The van der Waals surface area contributed by atoms with Crippen molar-refractivity contribution in [1.29, 1.82) is 0 Å². The Morgan fingerprint density at radius 2 is 1.97 bits per heavy atom. The molecule has 0 unspecified atom stereocenters. The summed E-state index contributed by atoms with van der Waals surface area (Å²) in [5.74, 6) is 0.646. The second-order valence-corrected chi connectivity index (χ2v) is 10.9. The van der Waals surface area contributed by atoms with E-state index in [4.69, 9.17) is 14.2 Å². The van der Waals surface area contributed by atoms with Crippen molar-refractivity contribution in [3.8, 4) is 0 Å². The van der Waals surface area contributed by atoms with Gasteiger partial charge in [-0.05, 0) is 51.0 Å². The first-order chi connectivity index (χ1) is 16.1. The normalized spacial score (nSPS) is 38.8. The molecule has 0 radical (unpaired) electrons. The van der Waals surface area contributed by atoms with E-state index in [1.54, 1.807) is 6.08 Å². The zero-order valence-corrected chi connectivity index (χ0v) is 21.8. The van der Waals surface area contributed by atoms with Gasteiger partial charge in [0.1, 0.15) is 17.8 Å². The van der Waals surface area contributed by atoms with Gasteiger partial charge in [0.25, 0.3) is 0 Å². The summed E-state index contributed by atoms with van der Waals surface area (Å²) in [5.41, 5.74) is 0.722. The molecule has 3 fully saturated rings. The lowest BCUT2D eigenvalue weighted by Gasteiger charge is -2.39. The zero-order chi connectivity index (χ0) is 24.9. The minimum absolute atomic E-state index is 0.0264. The third kappa shape index (κ3) is 7.27. The number of carbonyl (C=O) groups is 1. The van der Waals surface area contributed by atoms with Gasteiger partial charge in [-0.15, -0.1) is 0 Å². The summed E-state index contributed by atoms with van der Waals surface area (Å²) in [6, 6.07) is 0.0264. The molecule has 3 rings (SSSR count). The number of epoxide rings is 1. The summed E-state index contributed by atoms with van der Waals surface area (Å²) in [7, 11) is 0. The summed E-state index contributed by atoms with van der Waals surface area (Å²) in [6.45, 7) is 13.2. The summed E-state index contributed by atoms with van der Waals surface area (Å²) < 4.78 is 18.1. The van der Waals surface area contributed by atoms with Gasteiger partial charge in [0.2, 0.25) is 5.91 Å². The molecule has 3 aliphatic rings. The minimum atomic E-state index is -0.616. The van der Waals surface area contributed by atoms with Crippen molar-refractivity contribution in [2.45, 2.75) is 116 Å². The molecular weight excluding hydrogens is 430 g/mol. The molecule has 1 spiro atoms. The molecule has 6 nitrogen and oxygen atoms in total. The topological polar surface area (TPSA) is 80.3 Å². The standard InChI is InChI=1S/C28H45NO5/c1-7-8-22-16-28(17-32-28)27(31)25(34-22)13-11-19(4)10-12-24-20(5)15-23(21(6)33-24)29-26(30)14-9-18(2)3/h9-11,13-14,18,20-25,27,31H,7-8,12,15-17H2,1-6H3,(H,29,30)/b13-11+,14-9-,19-10+/t20-,21+,22+,23+,24-,25+,27+,28+/m0/s1. The average Bonchev–Trinajstić information content (AvgIpc) is 3.55. The van der Waals surface area contributed by atoms with Crippen molar-refractivity contribution in [2.75, 3.05) is 6.61 Å². The molecular formula is C28H45NO5. The fraction of sp³-hybridized carbons (Fsp3) is 0.750. The lowest BCUT2D eigenvalue weighted by molar-refractivity contribution is -0.134. The Balaban J connectivity index is 1.51. The molecule has 2 N–H and O–H groups in total. The van der Waals surface area contributed by atoms with Gasteiger partial charge in [-0.25, -0.2) is 0 Å². The maximum Gasteiger partial charge on any atom is 0.243 e. The van der Waals surface area contributed by atoms with Crippen molar-refractivity contribution in [2.24, 2.45) is 11.8 Å². The Bertz CT molecular complexity index is 769. The smallest absolute Gasteiger partial charge is 0.243 e. The van der Waals surface area contributed by atoms with Crippen LogP contribution in [0.3, 0.4) is 0 Å². The number of carbonyl (C=O) groups excluding carboxylic acids is 1. The minimum Gasteiger partial charge on any atom is -0.387 e. The summed E-state index contributed by atoms with van der Waals surface area (Å²) in [4.78, 5) is 12.2. The van der Waals surface area contributed by atoms with E-state index >= 15 is 0 Å². The van der Waals surface area contributed by atoms with E-state index in [1.165, 1.54) is 0 Å². The van der Waals surface area contributed by atoms with Crippen LogP contribution in [0.5, 0.6) is 0 Å². The van der Waals surface area contributed by atoms with Gasteiger partial charge in [-0.2, -0.15) is 0 Å². The number of allylic oxidation sites excluding steroid dienone is 3. The van der Waals surface area contributed by atoms with E-state index in [2.05, 4.69) is 46.0 Å². The zero-order valence-electron chi connectivity index (χ0n) is 21.8. The maximum absolute atomic E-state index is 12.2. The number of hydrogen-bond acceptors (Lipinski definition) is 5. The fourth-order valence-corrected chi connectivity index (χ4v) is 5.01. The average molecular weight is 476 g/mol. The molecule has 3 aliphatic heterocycles. The Labute approximate surface area is 205 Å². The number of aliphatic hydroxyl groups is 1. The van der Waals surface area contributed by atoms with Crippen LogP contribution in [0.4, 0.5) is 0 Å². The number of ether oxygens (including phenoxy) is 3. The van der Waals surface area contributed by atoms with Gasteiger partial charge < -0.3 is 24.6 Å². The van der Waals surface area contributed by atoms with E-state index in [9.17, 15) is 9.90 Å². The highest BCUT2D eigenvalue weighted by atomic mass is 16.6. The number of rotatable bonds is 9. The monoisotopic (exact) mass is 475 g/mol. The quantitative estimate of drug-likeness (QED) is 0.292. The number of amides is 1. The summed E-state index contributed by atoms with van der Waals surface area (Å²) >= 11 is 0. The fourth-order valence-electron chi connectivity index (χ4n) is 5.01. The first-order valence-corrected chi connectivity index (χ1v) is 13.1. The predicted octanol–water partition coefficient (Wildman–Crippen LogP) is 4.48. The summed E-state index contributed by atoms with van der Waals surface area (Å²) in [5, 5.41) is 13.8. The maximum atomic E-state index is 12.2. The van der Waals surface area contributed by atoms with Gasteiger partial charge in [0.05, 0.1) is 31.0 Å². The van der Waals surface area contributed by atoms with Crippen molar-refractivity contribution >= 4 is 5.91 Å². The third-order valence-corrected chi connectivity index (χ3v) is 7.30. The van der Waals surface area contributed by atoms with Crippen molar-refractivity contribution in [3.63, 3.8) is 0 Å². The van der Waals surface area contributed by atoms with Gasteiger partial charge in [0, 0.05) is 6.42 Å². The molecule has 3 heterocycles. The molecule has 0 aliphatic carbocycles. The Morgan fingerprint density at radius 1 is 1.24 bits per heavy atom. The number of aliphatic hydroxyl groups excluding tert-OH is 1. The molecule has 8 atom stereocenters. The lowest BCUT2D eigenvalue weighted by Crippen LogP contribution is -2.50. The molecule has 0 bridgehead atoms. The molecule has 6 heteroatoms. The van der Waals surface area contributed by atoms with Crippen LogP contribution < -0.4 is 5.32 Å². The van der Waals surface area contributed by atoms with Gasteiger partial charge in [-0.1, -0.05) is 64.0 Å². The molecule has 0 saturated carbocycles. The molecule has 192 valence electrons. The molecule has 0 aromatic rings. The molecule has 1 amide bonds. The van der Waals surface area contributed by atoms with Crippen LogP contribution in [0, 0.1) is 11.8 Å². The Kier molecular flexibility index (Phi) is 9.56. The number of nitrogens with one attached hydrogen (secondary N) is 1. The van der Waals surface area contributed by atoms with Gasteiger partial charge in [-0.3, -0.25) is 4.79 Å². The number of hydrogen-bond donors (Lipinski definition) is 2. The predicted molar refractivity (Wildman–Crippen MR) is 134 cm³/mol. The molecule has 34 heavy (non-hydrogen) atoms. The van der Waals surface area contributed by atoms with Crippen molar-refractivity contribution in [3.05, 3.63) is 36.0 Å². The summed E-state index contributed by atoms with van der Waals surface area (Å²) in [6.07, 6.45) is 13.6. The van der Waals surface area contributed by atoms with Crippen LogP contribution >= 0.6 is 0 Å². The Hall–Kier alpha value is -1.47. The van der Waals surface area contributed by atoms with Crippen LogP contribution in [0.2, 0.25) is 0 Å². The van der Waals surface area contributed by atoms with E-state index in [-0.39, 0.29) is 36.4 Å². The highest BCUT2D eigenvalue weighted by molar-refractivity contribution is 5.87. The molecule has 0 aromatic heterocycles. The van der Waals surface area contributed by atoms with E-state index in [0.717, 1.165) is 37.7 Å². The van der Waals surface area contributed by atoms with Gasteiger partial charge in [0.15, 0.2) is 0 Å². The highest BCUT2D eigenvalue weighted by Gasteiger charge is 2.58. The van der Waals surface area contributed by atoms with Crippen LogP contribution in [0.1, 0.15) is 73.6 Å². The second kappa shape index (κ2) is 12.0. The first kappa shape index (κ1) is 27.1. The largest absolute Gasteiger partial charge is 0.387 e. The van der Waals surface area contributed by atoms with Crippen LogP contribution in [-0.2, 0) is 19.0 Å². The van der Waals surface area contributed by atoms with Crippen molar-refractivity contribution in [1.82, 2.24) is 5.32 Å². The van der Waals surface area contributed by atoms with Crippen LogP contribution in [0.15, 0.2) is 36.0 Å². The van der Waals surface area contributed by atoms with Gasteiger partial charge >= 0.3 is 0 Å². The Morgan fingerprint density at radius 3 is 2.62 bits per heavy atom. The van der Waals surface area contributed by atoms with E-state index in [0.29, 0.717) is 18.4 Å². The first-order valence-electron chi connectivity index (χ1n) is 13.1. The highest BCUT2D eigenvalue weighted by Crippen LogP contribution is 2.43. The molecule has 3 saturated heterocycles. The second-order valence-electron chi connectivity index (χ2n) is 10.9.